The molecule has 3 unspecified atom stereocenters. The van der Waals surface area contributed by atoms with Gasteiger partial charge in [0.2, 0.25) is 5.91 Å². The number of rotatable bonds is 1. The van der Waals surface area contributed by atoms with Crippen molar-refractivity contribution in [3.8, 4) is 0 Å². The standard InChI is InChI=1S/C8H15NOS/c1-5-3-8(10)9-4-7(5)6(2)11/h5-7,11H,3-4H2,1-2H3,(H,9,10). The fraction of sp³-hybridized carbons (Fsp3) is 0.875. The minimum atomic E-state index is 0.183. The van der Waals surface area contributed by atoms with Crippen LogP contribution in [0.15, 0.2) is 0 Å². The highest BCUT2D eigenvalue weighted by Gasteiger charge is 2.27. The Morgan fingerprint density at radius 3 is 2.82 bits per heavy atom. The van der Waals surface area contributed by atoms with E-state index in [2.05, 4.69) is 31.8 Å². The van der Waals surface area contributed by atoms with Gasteiger partial charge in [-0.1, -0.05) is 13.8 Å². The number of thiol groups is 1. The van der Waals surface area contributed by atoms with Gasteiger partial charge in [0.1, 0.15) is 0 Å². The highest BCUT2D eigenvalue weighted by atomic mass is 32.1. The predicted octanol–water partition coefficient (Wildman–Crippen LogP) is 1.08. The van der Waals surface area contributed by atoms with Crippen molar-refractivity contribution in [3.05, 3.63) is 0 Å². The molecule has 0 aliphatic carbocycles. The van der Waals surface area contributed by atoms with Crippen LogP contribution >= 0.6 is 12.6 Å². The maximum atomic E-state index is 10.9. The molecule has 64 valence electrons. The van der Waals surface area contributed by atoms with Gasteiger partial charge >= 0.3 is 0 Å². The maximum Gasteiger partial charge on any atom is 0.220 e. The number of carbonyl (C=O) groups is 1. The van der Waals surface area contributed by atoms with Crippen LogP contribution in [0.5, 0.6) is 0 Å². The van der Waals surface area contributed by atoms with Crippen molar-refractivity contribution in [1.82, 2.24) is 5.32 Å². The largest absolute Gasteiger partial charge is 0.356 e. The van der Waals surface area contributed by atoms with Crippen molar-refractivity contribution >= 4 is 18.5 Å². The molecule has 0 saturated carbocycles. The summed E-state index contributed by atoms with van der Waals surface area (Å²) in [5.74, 6) is 1.20. The van der Waals surface area contributed by atoms with E-state index in [1.54, 1.807) is 0 Å². The van der Waals surface area contributed by atoms with Crippen LogP contribution in [0.1, 0.15) is 20.3 Å². The Morgan fingerprint density at radius 2 is 2.36 bits per heavy atom. The SMILES string of the molecule is CC(S)C1CNC(=O)CC1C. The Kier molecular flexibility index (Phi) is 2.82. The molecule has 1 aliphatic rings. The minimum Gasteiger partial charge on any atom is -0.356 e. The molecule has 1 aliphatic heterocycles. The summed E-state index contributed by atoms with van der Waals surface area (Å²) in [6.45, 7) is 5.00. The van der Waals surface area contributed by atoms with Gasteiger partial charge in [0.15, 0.2) is 0 Å². The Hall–Kier alpha value is -0.180. The van der Waals surface area contributed by atoms with Crippen molar-refractivity contribution in [2.45, 2.75) is 25.5 Å². The fourth-order valence-corrected chi connectivity index (χ4v) is 1.99. The van der Waals surface area contributed by atoms with Crippen molar-refractivity contribution in [2.24, 2.45) is 11.8 Å². The third-order valence-electron chi connectivity index (χ3n) is 2.39. The van der Waals surface area contributed by atoms with E-state index in [4.69, 9.17) is 0 Å². The molecule has 0 radical (unpaired) electrons. The molecular formula is C8H15NOS. The van der Waals surface area contributed by atoms with Crippen LogP contribution in [0.4, 0.5) is 0 Å². The molecule has 0 spiro atoms. The van der Waals surface area contributed by atoms with Gasteiger partial charge in [-0.3, -0.25) is 4.79 Å². The second kappa shape index (κ2) is 3.48. The third-order valence-corrected chi connectivity index (χ3v) is 2.78. The van der Waals surface area contributed by atoms with Gasteiger partial charge in [-0.2, -0.15) is 12.6 Å². The summed E-state index contributed by atoms with van der Waals surface area (Å²) < 4.78 is 0. The number of hydrogen-bond acceptors (Lipinski definition) is 2. The first-order valence-corrected chi connectivity index (χ1v) is 4.57. The van der Waals surface area contributed by atoms with Gasteiger partial charge in [0, 0.05) is 18.2 Å². The lowest BCUT2D eigenvalue weighted by Gasteiger charge is -2.31. The molecule has 1 amide bonds. The summed E-state index contributed by atoms with van der Waals surface area (Å²) >= 11 is 4.38. The molecule has 1 saturated heterocycles. The lowest BCUT2D eigenvalue weighted by atomic mass is 9.85. The van der Waals surface area contributed by atoms with Crippen LogP contribution in [0, 0.1) is 11.8 Å². The number of piperidine rings is 1. The summed E-state index contributed by atoms with van der Waals surface area (Å²) in [4.78, 5) is 10.9. The first kappa shape index (κ1) is 8.91. The summed E-state index contributed by atoms with van der Waals surface area (Å²) in [6.07, 6.45) is 0.662. The molecule has 0 aromatic carbocycles. The van der Waals surface area contributed by atoms with E-state index >= 15 is 0 Å². The zero-order valence-electron chi connectivity index (χ0n) is 7.00. The van der Waals surface area contributed by atoms with Crippen LogP contribution in [0.2, 0.25) is 0 Å². The van der Waals surface area contributed by atoms with Crippen LogP contribution in [-0.4, -0.2) is 17.7 Å². The molecule has 1 rings (SSSR count). The van der Waals surface area contributed by atoms with Gasteiger partial charge in [-0.05, 0) is 11.8 Å². The summed E-state index contributed by atoms with van der Waals surface area (Å²) in [6, 6.07) is 0. The van der Waals surface area contributed by atoms with Gasteiger partial charge in [0.05, 0.1) is 0 Å². The van der Waals surface area contributed by atoms with Crippen LogP contribution in [0.25, 0.3) is 0 Å². The van der Waals surface area contributed by atoms with Crippen LogP contribution in [0.3, 0.4) is 0 Å². The van der Waals surface area contributed by atoms with E-state index in [0.717, 1.165) is 6.54 Å². The number of nitrogens with one attached hydrogen (secondary N) is 1. The van der Waals surface area contributed by atoms with Crippen molar-refractivity contribution in [3.63, 3.8) is 0 Å². The van der Waals surface area contributed by atoms with Gasteiger partial charge < -0.3 is 5.32 Å². The molecule has 3 atom stereocenters. The molecule has 1 heterocycles. The lowest BCUT2D eigenvalue weighted by Crippen LogP contribution is -2.42. The van der Waals surface area contributed by atoms with Crippen molar-refractivity contribution < 1.29 is 4.79 Å². The molecule has 2 nitrogen and oxygen atoms in total. The quantitative estimate of drug-likeness (QED) is 0.571. The van der Waals surface area contributed by atoms with E-state index in [-0.39, 0.29) is 5.91 Å². The Balaban J connectivity index is 2.50. The fourth-order valence-electron chi connectivity index (χ4n) is 1.59. The van der Waals surface area contributed by atoms with E-state index in [1.165, 1.54) is 0 Å². The predicted molar refractivity (Wildman–Crippen MR) is 48.7 cm³/mol. The highest BCUT2D eigenvalue weighted by molar-refractivity contribution is 7.80. The molecule has 0 bridgehead atoms. The molecule has 1 N–H and O–H groups in total. The average Bonchev–Trinajstić information content (AvgIpc) is 1.85. The summed E-state index contributed by atoms with van der Waals surface area (Å²) in [5.41, 5.74) is 0. The number of hydrogen-bond donors (Lipinski definition) is 2. The Bertz CT molecular complexity index is 158. The third kappa shape index (κ3) is 2.12. The van der Waals surface area contributed by atoms with Gasteiger partial charge in [-0.25, -0.2) is 0 Å². The van der Waals surface area contributed by atoms with Crippen LogP contribution < -0.4 is 5.32 Å². The number of amides is 1. The molecule has 11 heavy (non-hydrogen) atoms. The van der Waals surface area contributed by atoms with Gasteiger partial charge in [0.25, 0.3) is 0 Å². The Morgan fingerprint density at radius 1 is 1.73 bits per heavy atom. The lowest BCUT2D eigenvalue weighted by molar-refractivity contribution is -0.124. The zero-order valence-corrected chi connectivity index (χ0v) is 7.90. The summed E-state index contributed by atoms with van der Waals surface area (Å²) in [7, 11) is 0. The number of carbonyl (C=O) groups excluding carboxylic acids is 1. The van der Waals surface area contributed by atoms with E-state index in [1.807, 2.05) is 0 Å². The van der Waals surface area contributed by atoms with Crippen molar-refractivity contribution in [1.29, 1.82) is 0 Å². The minimum absolute atomic E-state index is 0.183. The first-order chi connectivity index (χ1) is 5.11. The zero-order chi connectivity index (χ0) is 8.43. The van der Waals surface area contributed by atoms with Crippen LogP contribution in [-0.2, 0) is 4.79 Å². The smallest absolute Gasteiger partial charge is 0.220 e. The topological polar surface area (TPSA) is 29.1 Å². The van der Waals surface area contributed by atoms with E-state index in [0.29, 0.717) is 23.5 Å². The molecule has 0 aromatic heterocycles. The second-order valence-corrected chi connectivity index (χ2v) is 4.20. The van der Waals surface area contributed by atoms with Gasteiger partial charge in [-0.15, -0.1) is 0 Å². The summed E-state index contributed by atoms with van der Waals surface area (Å²) in [5, 5.41) is 3.24. The molecular weight excluding hydrogens is 158 g/mol. The van der Waals surface area contributed by atoms with E-state index < -0.39 is 0 Å². The molecule has 3 heteroatoms. The molecule has 1 fully saturated rings. The monoisotopic (exact) mass is 173 g/mol. The Labute approximate surface area is 73.2 Å². The van der Waals surface area contributed by atoms with E-state index in [9.17, 15) is 4.79 Å². The molecule has 0 aromatic rings. The maximum absolute atomic E-state index is 10.9. The second-order valence-electron chi connectivity index (χ2n) is 3.39. The normalized spacial score (nSPS) is 34.6. The first-order valence-electron chi connectivity index (χ1n) is 4.06. The van der Waals surface area contributed by atoms with Crippen molar-refractivity contribution in [2.75, 3.05) is 6.54 Å². The average molecular weight is 173 g/mol. The highest BCUT2D eigenvalue weighted by Crippen LogP contribution is 2.24.